The molecule has 14 heavy (non-hydrogen) atoms. The van der Waals surface area contributed by atoms with Crippen LogP contribution in [-0.2, 0) is 4.79 Å². The Morgan fingerprint density at radius 2 is 2.00 bits per heavy atom. The summed E-state index contributed by atoms with van der Waals surface area (Å²) in [5.41, 5.74) is 0.182. The molecule has 0 rings (SSSR count). The van der Waals surface area contributed by atoms with Crippen LogP contribution in [0.4, 0.5) is 0 Å². The molecule has 3 nitrogen and oxygen atoms in total. The smallest absolute Gasteiger partial charge is 0.320 e. The zero-order valence-electron chi connectivity index (χ0n) is 9.76. The molecule has 0 fully saturated rings. The van der Waals surface area contributed by atoms with Crippen LogP contribution in [-0.4, -0.2) is 23.7 Å². The Kier molecular flexibility index (Phi) is 5.77. The van der Waals surface area contributed by atoms with Crippen molar-refractivity contribution in [3.63, 3.8) is 0 Å². The molecule has 0 aromatic rings. The lowest BCUT2D eigenvalue weighted by Crippen LogP contribution is -2.41. The van der Waals surface area contributed by atoms with Gasteiger partial charge in [0, 0.05) is 6.54 Å². The second kappa shape index (κ2) is 6.02. The monoisotopic (exact) mass is 201 g/mol. The van der Waals surface area contributed by atoms with Gasteiger partial charge in [-0.1, -0.05) is 34.1 Å². The highest BCUT2D eigenvalue weighted by molar-refractivity contribution is 5.73. The summed E-state index contributed by atoms with van der Waals surface area (Å²) in [6, 6.07) is -0.383. The van der Waals surface area contributed by atoms with Crippen molar-refractivity contribution in [1.82, 2.24) is 5.32 Å². The van der Waals surface area contributed by atoms with Crippen LogP contribution in [0.3, 0.4) is 0 Å². The normalized spacial score (nSPS) is 14.0. The summed E-state index contributed by atoms with van der Waals surface area (Å²) in [5, 5.41) is 12.0. The van der Waals surface area contributed by atoms with Crippen LogP contribution in [0, 0.1) is 5.41 Å². The number of hydrogen-bond donors (Lipinski definition) is 2. The van der Waals surface area contributed by atoms with E-state index in [1.54, 1.807) is 0 Å². The molecule has 3 heteroatoms. The quantitative estimate of drug-likeness (QED) is 0.664. The number of rotatable bonds is 7. The van der Waals surface area contributed by atoms with E-state index in [1.165, 1.54) is 0 Å². The van der Waals surface area contributed by atoms with E-state index in [9.17, 15) is 4.79 Å². The maximum atomic E-state index is 10.8. The maximum absolute atomic E-state index is 10.8. The highest BCUT2D eigenvalue weighted by Gasteiger charge is 2.20. The van der Waals surface area contributed by atoms with E-state index < -0.39 is 5.97 Å². The summed E-state index contributed by atoms with van der Waals surface area (Å²) >= 11 is 0. The first kappa shape index (κ1) is 13.4. The van der Waals surface area contributed by atoms with E-state index in [0.29, 0.717) is 6.42 Å². The molecule has 0 spiro atoms. The predicted molar refractivity (Wildman–Crippen MR) is 58.4 cm³/mol. The Balaban J connectivity index is 3.99. The molecule has 0 aromatic carbocycles. The van der Waals surface area contributed by atoms with Gasteiger partial charge in [0.1, 0.15) is 6.04 Å². The van der Waals surface area contributed by atoms with Crippen LogP contribution in [0.2, 0.25) is 0 Å². The Hall–Kier alpha value is -0.570. The van der Waals surface area contributed by atoms with Gasteiger partial charge in [0.15, 0.2) is 0 Å². The molecule has 0 aliphatic rings. The fraction of sp³-hybridized carbons (Fsp3) is 0.909. The lowest BCUT2D eigenvalue weighted by atomic mass is 9.90. The average molecular weight is 201 g/mol. The molecule has 0 aliphatic carbocycles. The zero-order valence-corrected chi connectivity index (χ0v) is 9.76. The highest BCUT2D eigenvalue weighted by Crippen LogP contribution is 2.18. The highest BCUT2D eigenvalue weighted by atomic mass is 16.4. The first-order valence-corrected chi connectivity index (χ1v) is 5.39. The summed E-state index contributed by atoms with van der Waals surface area (Å²) in [7, 11) is 0. The minimum absolute atomic E-state index is 0.182. The molecule has 84 valence electrons. The molecule has 1 atom stereocenters. The molecule has 0 heterocycles. The maximum Gasteiger partial charge on any atom is 0.320 e. The van der Waals surface area contributed by atoms with Crippen LogP contribution < -0.4 is 5.32 Å². The third kappa shape index (κ3) is 5.22. The van der Waals surface area contributed by atoms with Gasteiger partial charge in [0.05, 0.1) is 0 Å². The number of aliphatic carboxylic acids is 1. The molecule has 2 N–H and O–H groups in total. The fourth-order valence-electron chi connectivity index (χ4n) is 1.13. The second-order valence-electron chi connectivity index (χ2n) is 4.58. The molecular weight excluding hydrogens is 178 g/mol. The third-order valence-corrected chi connectivity index (χ3v) is 2.66. The number of hydrogen-bond acceptors (Lipinski definition) is 2. The number of carbonyl (C=O) groups is 1. The molecule has 0 aromatic heterocycles. The van der Waals surface area contributed by atoms with Crippen molar-refractivity contribution < 1.29 is 9.90 Å². The van der Waals surface area contributed by atoms with Crippen molar-refractivity contribution in [2.45, 2.75) is 53.0 Å². The average Bonchev–Trinajstić information content (AvgIpc) is 2.12. The van der Waals surface area contributed by atoms with Crippen molar-refractivity contribution >= 4 is 5.97 Å². The number of carboxylic acids is 1. The van der Waals surface area contributed by atoms with Gasteiger partial charge in [-0.25, -0.2) is 0 Å². The minimum Gasteiger partial charge on any atom is -0.480 e. The van der Waals surface area contributed by atoms with Crippen molar-refractivity contribution in [2.75, 3.05) is 6.54 Å². The van der Waals surface area contributed by atoms with Crippen LogP contribution in [0.15, 0.2) is 0 Å². The summed E-state index contributed by atoms with van der Waals surface area (Å²) < 4.78 is 0. The molecule has 0 saturated carbocycles. The van der Waals surface area contributed by atoms with Crippen LogP contribution in [0.25, 0.3) is 0 Å². The van der Waals surface area contributed by atoms with E-state index >= 15 is 0 Å². The summed E-state index contributed by atoms with van der Waals surface area (Å²) in [5.74, 6) is -0.737. The number of carboxylic acid groups (broad SMARTS) is 1. The van der Waals surface area contributed by atoms with Crippen LogP contribution in [0.5, 0.6) is 0 Å². The second-order valence-corrected chi connectivity index (χ2v) is 4.58. The van der Waals surface area contributed by atoms with Gasteiger partial charge in [-0.15, -0.1) is 0 Å². The van der Waals surface area contributed by atoms with Gasteiger partial charge < -0.3 is 10.4 Å². The van der Waals surface area contributed by atoms with E-state index in [4.69, 9.17) is 5.11 Å². The van der Waals surface area contributed by atoms with Gasteiger partial charge in [-0.3, -0.25) is 4.79 Å². The zero-order chi connectivity index (χ0) is 11.2. The lowest BCUT2D eigenvalue weighted by Gasteiger charge is -2.25. The van der Waals surface area contributed by atoms with Crippen molar-refractivity contribution in [3.8, 4) is 0 Å². The molecule has 1 unspecified atom stereocenters. The van der Waals surface area contributed by atoms with Gasteiger partial charge >= 0.3 is 5.97 Å². The van der Waals surface area contributed by atoms with E-state index in [0.717, 1.165) is 19.4 Å². The Morgan fingerprint density at radius 3 is 2.36 bits per heavy atom. The van der Waals surface area contributed by atoms with E-state index in [-0.39, 0.29) is 11.5 Å². The molecule has 0 saturated heterocycles. The summed E-state index contributed by atoms with van der Waals surface area (Å²) in [6.07, 6.45) is 2.66. The summed E-state index contributed by atoms with van der Waals surface area (Å²) in [4.78, 5) is 10.8. The molecule has 0 amide bonds. The largest absolute Gasteiger partial charge is 0.480 e. The molecule has 0 aliphatic heterocycles. The first-order chi connectivity index (χ1) is 6.43. The van der Waals surface area contributed by atoms with E-state index in [2.05, 4.69) is 26.1 Å². The van der Waals surface area contributed by atoms with Crippen molar-refractivity contribution in [1.29, 1.82) is 0 Å². The SMILES string of the molecule is CCCC(NCC(C)(C)CC)C(=O)O. The molecule has 0 radical (unpaired) electrons. The Morgan fingerprint density at radius 1 is 1.43 bits per heavy atom. The predicted octanol–water partition coefficient (Wildman–Crippen LogP) is 2.27. The lowest BCUT2D eigenvalue weighted by molar-refractivity contribution is -0.139. The van der Waals surface area contributed by atoms with Crippen LogP contribution in [0.1, 0.15) is 47.0 Å². The minimum atomic E-state index is -0.737. The van der Waals surface area contributed by atoms with Gasteiger partial charge in [-0.05, 0) is 18.3 Å². The standard InChI is InChI=1S/C11H23NO2/c1-5-7-9(10(13)14)12-8-11(3,4)6-2/h9,12H,5-8H2,1-4H3,(H,13,14). The fourth-order valence-corrected chi connectivity index (χ4v) is 1.13. The van der Waals surface area contributed by atoms with Crippen LogP contribution >= 0.6 is 0 Å². The van der Waals surface area contributed by atoms with Gasteiger partial charge in [0.2, 0.25) is 0 Å². The van der Waals surface area contributed by atoms with Crippen molar-refractivity contribution in [3.05, 3.63) is 0 Å². The Labute approximate surface area is 86.9 Å². The van der Waals surface area contributed by atoms with E-state index in [1.807, 2.05) is 6.92 Å². The molecule has 0 bridgehead atoms. The van der Waals surface area contributed by atoms with Crippen molar-refractivity contribution in [2.24, 2.45) is 5.41 Å². The third-order valence-electron chi connectivity index (χ3n) is 2.66. The summed E-state index contributed by atoms with van der Waals surface area (Å²) in [6.45, 7) is 9.18. The Bertz CT molecular complexity index is 178. The topological polar surface area (TPSA) is 49.3 Å². The first-order valence-electron chi connectivity index (χ1n) is 5.39. The number of nitrogens with one attached hydrogen (secondary N) is 1. The van der Waals surface area contributed by atoms with Gasteiger partial charge in [0.25, 0.3) is 0 Å². The molecular formula is C11H23NO2. The van der Waals surface area contributed by atoms with Gasteiger partial charge in [-0.2, -0.15) is 0 Å².